The predicted molar refractivity (Wildman–Crippen MR) is 164 cm³/mol. The van der Waals surface area contributed by atoms with Gasteiger partial charge in [-0.15, -0.1) is 0 Å². The third kappa shape index (κ3) is 8.96. The monoisotopic (exact) mass is 645 g/mol. The molecule has 2 amide bonds. The Labute approximate surface area is 250 Å². The van der Waals surface area contributed by atoms with E-state index in [-0.39, 0.29) is 36.4 Å². The topological polar surface area (TPSA) is 105 Å². The van der Waals surface area contributed by atoms with Crippen LogP contribution in [0.1, 0.15) is 25.0 Å². The number of sulfonamides is 1. The van der Waals surface area contributed by atoms with Crippen LogP contribution < -0.4 is 19.1 Å². The molecule has 0 aliphatic rings. The molecule has 3 aromatic carbocycles. The van der Waals surface area contributed by atoms with Crippen LogP contribution >= 0.6 is 15.9 Å². The second kappa shape index (κ2) is 14.4. The summed E-state index contributed by atoms with van der Waals surface area (Å²) in [6, 6.07) is 20.4. The van der Waals surface area contributed by atoms with Crippen LogP contribution in [0.3, 0.4) is 0 Å². The highest BCUT2D eigenvalue weighted by molar-refractivity contribution is 9.10. The Hall–Kier alpha value is -3.57. The van der Waals surface area contributed by atoms with Crippen molar-refractivity contribution in [3.8, 4) is 11.5 Å². The van der Waals surface area contributed by atoms with Gasteiger partial charge in [0, 0.05) is 29.5 Å². The maximum Gasteiger partial charge on any atom is 0.244 e. The molecule has 9 nitrogen and oxygen atoms in total. The molecule has 41 heavy (non-hydrogen) atoms. The summed E-state index contributed by atoms with van der Waals surface area (Å²) in [5.41, 5.74) is 1.82. The van der Waals surface area contributed by atoms with Crippen molar-refractivity contribution >= 4 is 43.5 Å². The lowest BCUT2D eigenvalue weighted by molar-refractivity contribution is -0.140. The highest BCUT2D eigenvalue weighted by atomic mass is 79.9. The van der Waals surface area contributed by atoms with Crippen molar-refractivity contribution in [2.45, 2.75) is 38.9 Å². The molecule has 0 saturated carbocycles. The lowest BCUT2D eigenvalue weighted by Gasteiger charge is -2.34. The fourth-order valence-corrected chi connectivity index (χ4v) is 5.42. The van der Waals surface area contributed by atoms with E-state index in [0.717, 1.165) is 26.2 Å². The van der Waals surface area contributed by atoms with Gasteiger partial charge in [-0.2, -0.15) is 0 Å². The van der Waals surface area contributed by atoms with Gasteiger partial charge in [0.1, 0.15) is 24.1 Å². The van der Waals surface area contributed by atoms with Gasteiger partial charge in [0.15, 0.2) is 0 Å². The van der Waals surface area contributed by atoms with Crippen molar-refractivity contribution < 1.29 is 27.5 Å². The van der Waals surface area contributed by atoms with Gasteiger partial charge in [-0.3, -0.25) is 13.9 Å². The lowest BCUT2D eigenvalue weighted by Crippen LogP contribution is -2.54. The Morgan fingerprint density at radius 1 is 0.927 bits per heavy atom. The summed E-state index contributed by atoms with van der Waals surface area (Å²) >= 11 is 3.43. The summed E-state index contributed by atoms with van der Waals surface area (Å²) in [5.74, 6) is -0.186. The van der Waals surface area contributed by atoms with Crippen LogP contribution in [0.15, 0.2) is 77.3 Å². The second-order valence-electron chi connectivity index (χ2n) is 9.82. The normalized spacial score (nSPS) is 12.0. The molecule has 0 unspecified atom stereocenters. The van der Waals surface area contributed by atoms with Crippen LogP contribution in [0.4, 0.5) is 5.69 Å². The van der Waals surface area contributed by atoms with Crippen molar-refractivity contribution in [2.24, 2.45) is 0 Å². The maximum atomic E-state index is 14.2. The summed E-state index contributed by atoms with van der Waals surface area (Å²) in [6.45, 7) is 3.24. The van der Waals surface area contributed by atoms with Crippen LogP contribution in [0.5, 0.6) is 11.5 Å². The minimum absolute atomic E-state index is 0.0898. The third-order valence-corrected chi connectivity index (χ3v) is 7.96. The van der Waals surface area contributed by atoms with E-state index < -0.39 is 28.5 Å². The number of nitrogens with zero attached hydrogens (tertiary/aromatic N) is 2. The molecule has 0 aliphatic heterocycles. The molecule has 3 rings (SSSR count). The smallest absolute Gasteiger partial charge is 0.244 e. The number of hydrogen-bond donors (Lipinski definition) is 1. The summed E-state index contributed by atoms with van der Waals surface area (Å²) in [6.07, 6.45) is 1.27. The average molecular weight is 647 g/mol. The van der Waals surface area contributed by atoms with Crippen LogP contribution in [-0.4, -0.2) is 64.2 Å². The molecule has 1 atom stereocenters. The van der Waals surface area contributed by atoms with Crippen LogP contribution in [0, 0.1) is 0 Å². The van der Waals surface area contributed by atoms with Gasteiger partial charge in [0.2, 0.25) is 21.8 Å². The van der Waals surface area contributed by atoms with Gasteiger partial charge in [-0.25, -0.2) is 8.42 Å². The van der Waals surface area contributed by atoms with Gasteiger partial charge < -0.3 is 19.7 Å². The molecule has 0 fully saturated rings. The zero-order valence-corrected chi connectivity index (χ0v) is 26.2. The summed E-state index contributed by atoms with van der Waals surface area (Å²) in [5, 5.41) is 2.93. The maximum absolute atomic E-state index is 14.2. The van der Waals surface area contributed by atoms with E-state index in [1.165, 1.54) is 25.2 Å². The number of amides is 2. The number of benzene rings is 3. The number of methoxy groups -OCH3 is 2. The minimum atomic E-state index is -3.94. The highest BCUT2D eigenvalue weighted by Gasteiger charge is 2.34. The van der Waals surface area contributed by atoms with Crippen molar-refractivity contribution in [3.63, 3.8) is 0 Å². The fourth-order valence-electron chi connectivity index (χ4n) is 4.31. The molecule has 1 N–H and O–H groups in total. The van der Waals surface area contributed by atoms with Crippen LogP contribution in [0.25, 0.3) is 0 Å². The van der Waals surface area contributed by atoms with Crippen LogP contribution in [-0.2, 0) is 32.6 Å². The first kappa shape index (κ1) is 32.0. The van der Waals surface area contributed by atoms with E-state index in [1.54, 1.807) is 12.1 Å². The van der Waals surface area contributed by atoms with E-state index in [9.17, 15) is 18.0 Å². The third-order valence-electron chi connectivity index (χ3n) is 6.30. The van der Waals surface area contributed by atoms with E-state index in [0.29, 0.717) is 5.75 Å². The highest BCUT2D eigenvalue weighted by Crippen LogP contribution is 2.34. The molecule has 0 radical (unpaired) electrons. The predicted octanol–water partition coefficient (Wildman–Crippen LogP) is 4.40. The number of rotatable bonds is 13. The standard InChI is InChI=1S/C30H36BrN3O6S/c1-21(2)32-30(36)27(17-22-9-7-6-8-10-22)33(19-23-11-13-24(31)14-12-23)29(35)20-34(41(5,37)38)26-16-15-25(39-3)18-28(26)40-4/h6-16,18,21,27H,17,19-20H2,1-5H3,(H,32,36)/t27-/m1/s1. The Morgan fingerprint density at radius 2 is 1.59 bits per heavy atom. The van der Waals surface area contributed by atoms with E-state index >= 15 is 0 Å². The first-order valence-electron chi connectivity index (χ1n) is 13.0. The Balaban J connectivity index is 2.08. The number of carbonyl (C=O) groups is 2. The molecule has 0 bridgehead atoms. The number of hydrogen-bond acceptors (Lipinski definition) is 6. The van der Waals surface area contributed by atoms with Crippen molar-refractivity contribution in [1.82, 2.24) is 10.2 Å². The van der Waals surface area contributed by atoms with E-state index in [1.807, 2.05) is 68.4 Å². The van der Waals surface area contributed by atoms with E-state index in [4.69, 9.17) is 9.47 Å². The molecule has 0 saturated heterocycles. The fraction of sp³-hybridized carbons (Fsp3) is 0.333. The molecular formula is C30H36BrN3O6S. The quantitative estimate of drug-likeness (QED) is 0.296. The first-order chi connectivity index (χ1) is 19.4. The lowest BCUT2D eigenvalue weighted by atomic mass is 10.0. The second-order valence-corrected chi connectivity index (χ2v) is 12.6. The van der Waals surface area contributed by atoms with Crippen molar-refractivity contribution in [1.29, 1.82) is 0 Å². The molecule has 11 heteroatoms. The molecule has 0 spiro atoms. The van der Waals surface area contributed by atoms with Gasteiger partial charge in [-0.1, -0.05) is 58.4 Å². The number of carbonyl (C=O) groups excluding carboxylic acids is 2. The number of ether oxygens (including phenoxy) is 2. The number of nitrogens with one attached hydrogen (secondary N) is 1. The van der Waals surface area contributed by atoms with Crippen molar-refractivity contribution in [3.05, 3.63) is 88.4 Å². The van der Waals surface area contributed by atoms with Gasteiger partial charge in [0.25, 0.3) is 0 Å². The molecule has 3 aromatic rings. The minimum Gasteiger partial charge on any atom is -0.497 e. The zero-order valence-electron chi connectivity index (χ0n) is 23.8. The molecule has 220 valence electrons. The first-order valence-corrected chi connectivity index (χ1v) is 15.6. The molecule has 0 aliphatic carbocycles. The SMILES string of the molecule is COc1ccc(N(CC(=O)N(Cc2ccc(Br)cc2)[C@H](Cc2ccccc2)C(=O)NC(C)C)S(C)(=O)=O)c(OC)c1. The molecular weight excluding hydrogens is 610 g/mol. The average Bonchev–Trinajstić information content (AvgIpc) is 2.93. The summed E-state index contributed by atoms with van der Waals surface area (Å²) < 4.78 is 38.6. The Kier molecular flexibility index (Phi) is 11.2. The number of anilines is 1. The number of halogens is 1. The zero-order chi connectivity index (χ0) is 30.2. The summed E-state index contributed by atoms with van der Waals surface area (Å²) in [4.78, 5) is 29.2. The summed E-state index contributed by atoms with van der Waals surface area (Å²) in [7, 11) is -1.05. The molecule has 0 heterocycles. The Morgan fingerprint density at radius 3 is 2.15 bits per heavy atom. The van der Waals surface area contributed by atoms with Crippen molar-refractivity contribution in [2.75, 3.05) is 31.3 Å². The van der Waals surface area contributed by atoms with E-state index in [2.05, 4.69) is 21.2 Å². The van der Waals surface area contributed by atoms with Gasteiger partial charge >= 0.3 is 0 Å². The van der Waals surface area contributed by atoms with Gasteiger partial charge in [-0.05, 0) is 49.2 Å². The molecule has 0 aromatic heterocycles. The largest absolute Gasteiger partial charge is 0.497 e. The van der Waals surface area contributed by atoms with Crippen LogP contribution in [0.2, 0.25) is 0 Å². The van der Waals surface area contributed by atoms with Gasteiger partial charge in [0.05, 0.1) is 26.2 Å². The Bertz CT molecular complexity index is 1430.